The van der Waals surface area contributed by atoms with Gasteiger partial charge in [0.1, 0.15) is 5.75 Å². The minimum Gasteiger partial charge on any atom is -0.492 e. The van der Waals surface area contributed by atoms with E-state index in [1.54, 1.807) is 42.5 Å². The number of hydrogen-bond donors (Lipinski definition) is 1. The van der Waals surface area contributed by atoms with E-state index in [1.807, 2.05) is 6.07 Å². The highest BCUT2D eigenvalue weighted by Gasteiger charge is 2.17. The second-order valence-corrected chi connectivity index (χ2v) is 6.36. The minimum absolute atomic E-state index is 0.133. The van der Waals surface area contributed by atoms with Crippen molar-refractivity contribution in [1.29, 1.82) is 0 Å². The maximum Gasteiger partial charge on any atom is 0.306 e. The second kappa shape index (κ2) is 10.0. The molecule has 0 saturated heterocycles. The maximum absolute atomic E-state index is 12.0. The zero-order chi connectivity index (χ0) is 18.9. The van der Waals surface area contributed by atoms with Gasteiger partial charge in [0.05, 0.1) is 11.6 Å². The number of nitrogens with one attached hydrogen (secondary N) is 1. The molecular formula is C19H19Cl2NO4. The molecule has 0 spiro atoms. The van der Waals surface area contributed by atoms with E-state index < -0.39 is 12.1 Å². The van der Waals surface area contributed by atoms with E-state index in [2.05, 4.69) is 5.32 Å². The predicted molar refractivity (Wildman–Crippen MR) is 102 cm³/mol. The number of anilines is 1. The van der Waals surface area contributed by atoms with Crippen LogP contribution in [0.4, 0.5) is 5.69 Å². The number of esters is 1. The van der Waals surface area contributed by atoms with Crippen LogP contribution >= 0.6 is 23.2 Å². The van der Waals surface area contributed by atoms with Crippen molar-refractivity contribution in [2.24, 2.45) is 0 Å². The Hall–Kier alpha value is -2.24. The molecule has 1 atom stereocenters. The van der Waals surface area contributed by atoms with Crippen molar-refractivity contribution in [3.05, 3.63) is 58.6 Å². The molecule has 2 aromatic carbocycles. The molecular weight excluding hydrogens is 377 g/mol. The van der Waals surface area contributed by atoms with Gasteiger partial charge in [0.15, 0.2) is 6.10 Å². The molecule has 0 saturated carbocycles. The predicted octanol–water partition coefficient (Wildman–Crippen LogP) is 4.72. The molecule has 0 aromatic heterocycles. The Labute approximate surface area is 162 Å². The van der Waals surface area contributed by atoms with Crippen molar-refractivity contribution >= 4 is 40.8 Å². The summed E-state index contributed by atoms with van der Waals surface area (Å²) in [6.45, 7) is 1.82. The van der Waals surface area contributed by atoms with Crippen molar-refractivity contribution in [3.63, 3.8) is 0 Å². The average Bonchev–Trinajstić information content (AvgIpc) is 2.61. The van der Waals surface area contributed by atoms with Crippen LogP contribution in [-0.2, 0) is 14.3 Å². The largest absolute Gasteiger partial charge is 0.492 e. The fourth-order valence-electron chi connectivity index (χ4n) is 2.07. The number of halogens is 2. The van der Waals surface area contributed by atoms with Crippen LogP contribution in [0.25, 0.3) is 0 Å². The quantitative estimate of drug-likeness (QED) is 0.518. The highest BCUT2D eigenvalue weighted by atomic mass is 35.5. The molecule has 1 amide bonds. The molecule has 5 nitrogen and oxygen atoms in total. The van der Waals surface area contributed by atoms with E-state index in [1.165, 1.54) is 6.92 Å². The third-order valence-electron chi connectivity index (χ3n) is 3.40. The number of amides is 1. The van der Waals surface area contributed by atoms with Gasteiger partial charge in [-0.3, -0.25) is 9.59 Å². The molecule has 0 aliphatic heterocycles. The number of hydrogen-bond acceptors (Lipinski definition) is 4. The lowest BCUT2D eigenvalue weighted by Gasteiger charge is -2.13. The first-order chi connectivity index (χ1) is 12.5. The first-order valence-electron chi connectivity index (χ1n) is 8.09. The van der Waals surface area contributed by atoms with E-state index in [0.717, 1.165) is 0 Å². The summed E-state index contributed by atoms with van der Waals surface area (Å²) in [5, 5.41) is 3.61. The fraction of sp³-hybridized carbons (Fsp3) is 0.263. The number of rotatable bonds is 8. The Kier molecular flexibility index (Phi) is 7.75. The van der Waals surface area contributed by atoms with Gasteiger partial charge in [-0.1, -0.05) is 41.4 Å². The third kappa shape index (κ3) is 6.58. The van der Waals surface area contributed by atoms with Crippen molar-refractivity contribution in [2.75, 3.05) is 11.9 Å². The van der Waals surface area contributed by atoms with E-state index >= 15 is 0 Å². The van der Waals surface area contributed by atoms with Crippen molar-refractivity contribution in [3.8, 4) is 5.75 Å². The molecule has 0 bridgehead atoms. The molecule has 0 aliphatic rings. The first kappa shape index (κ1) is 20.1. The van der Waals surface area contributed by atoms with Gasteiger partial charge in [-0.2, -0.15) is 0 Å². The summed E-state index contributed by atoms with van der Waals surface area (Å²) in [6, 6.07) is 13.9. The second-order valence-electron chi connectivity index (χ2n) is 5.51. The summed E-state index contributed by atoms with van der Waals surface area (Å²) in [4.78, 5) is 23.8. The van der Waals surface area contributed by atoms with E-state index in [0.29, 0.717) is 34.5 Å². The fourth-order valence-corrected chi connectivity index (χ4v) is 2.53. The highest BCUT2D eigenvalue weighted by Crippen LogP contribution is 2.27. The molecule has 0 unspecified atom stereocenters. The summed E-state index contributed by atoms with van der Waals surface area (Å²) in [5.41, 5.74) is 0.647. The Morgan fingerprint density at radius 2 is 1.85 bits per heavy atom. The normalized spacial score (nSPS) is 11.5. The molecule has 0 fully saturated rings. The van der Waals surface area contributed by atoms with Crippen LogP contribution in [0.2, 0.25) is 10.0 Å². The molecule has 7 heteroatoms. The van der Waals surface area contributed by atoms with Crippen molar-refractivity contribution < 1.29 is 19.1 Å². The molecule has 2 rings (SSSR count). The molecule has 1 N–H and O–H groups in total. The van der Waals surface area contributed by atoms with E-state index in [9.17, 15) is 9.59 Å². The molecule has 0 radical (unpaired) electrons. The number of para-hydroxylation sites is 1. The average molecular weight is 396 g/mol. The molecule has 0 heterocycles. The van der Waals surface area contributed by atoms with Crippen LogP contribution in [0.3, 0.4) is 0 Å². The van der Waals surface area contributed by atoms with Crippen LogP contribution in [0.5, 0.6) is 5.75 Å². The Morgan fingerprint density at radius 3 is 2.54 bits per heavy atom. The molecule has 138 valence electrons. The zero-order valence-corrected chi connectivity index (χ0v) is 15.7. The van der Waals surface area contributed by atoms with Crippen LogP contribution in [0.1, 0.15) is 19.8 Å². The smallest absolute Gasteiger partial charge is 0.306 e. The monoisotopic (exact) mass is 395 g/mol. The Balaban J connectivity index is 1.68. The summed E-state index contributed by atoms with van der Waals surface area (Å²) < 4.78 is 10.6. The third-order valence-corrected chi connectivity index (χ3v) is 3.93. The number of benzene rings is 2. The standard InChI is InChI=1S/C19H19Cl2NO4/c1-13(19(24)22-15-6-3-2-4-7-15)26-18(23)8-5-11-25-17-10-9-14(20)12-16(17)21/h2-4,6-7,9-10,12-13H,5,8,11H2,1H3,(H,22,24)/t13-/m1/s1. The number of ether oxygens (including phenoxy) is 2. The lowest BCUT2D eigenvalue weighted by molar-refractivity contribution is -0.153. The number of carbonyl (C=O) groups is 2. The maximum atomic E-state index is 12.0. The summed E-state index contributed by atoms with van der Waals surface area (Å²) in [6.07, 6.45) is -0.312. The van der Waals surface area contributed by atoms with Gasteiger partial charge in [-0.15, -0.1) is 0 Å². The molecule has 0 aliphatic carbocycles. The summed E-state index contributed by atoms with van der Waals surface area (Å²) in [7, 11) is 0. The van der Waals surface area contributed by atoms with Gasteiger partial charge in [0, 0.05) is 17.1 Å². The van der Waals surface area contributed by atoms with Gasteiger partial charge in [0.2, 0.25) is 0 Å². The van der Waals surface area contributed by atoms with Crippen LogP contribution in [0, 0.1) is 0 Å². The van der Waals surface area contributed by atoms with E-state index in [4.69, 9.17) is 32.7 Å². The lowest BCUT2D eigenvalue weighted by atomic mass is 10.3. The van der Waals surface area contributed by atoms with Crippen molar-refractivity contribution in [1.82, 2.24) is 0 Å². The van der Waals surface area contributed by atoms with E-state index in [-0.39, 0.29) is 12.3 Å². The molecule has 26 heavy (non-hydrogen) atoms. The van der Waals surface area contributed by atoms with Gasteiger partial charge in [0.25, 0.3) is 5.91 Å². The number of carbonyl (C=O) groups excluding carboxylic acids is 2. The Bertz CT molecular complexity index is 752. The topological polar surface area (TPSA) is 64.6 Å². The van der Waals surface area contributed by atoms with Gasteiger partial charge >= 0.3 is 5.97 Å². The Morgan fingerprint density at radius 1 is 1.12 bits per heavy atom. The van der Waals surface area contributed by atoms with Crippen molar-refractivity contribution in [2.45, 2.75) is 25.9 Å². The lowest BCUT2D eigenvalue weighted by Crippen LogP contribution is -2.30. The summed E-state index contributed by atoms with van der Waals surface area (Å²) in [5.74, 6) is -0.347. The first-order valence-corrected chi connectivity index (χ1v) is 8.84. The zero-order valence-electron chi connectivity index (χ0n) is 14.2. The van der Waals surface area contributed by atoms with Gasteiger partial charge in [-0.25, -0.2) is 0 Å². The van der Waals surface area contributed by atoms with Crippen LogP contribution in [0.15, 0.2) is 48.5 Å². The SMILES string of the molecule is C[C@@H](OC(=O)CCCOc1ccc(Cl)cc1Cl)C(=O)Nc1ccccc1. The molecule has 2 aromatic rings. The minimum atomic E-state index is -0.880. The summed E-state index contributed by atoms with van der Waals surface area (Å²) >= 11 is 11.8. The van der Waals surface area contributed by atoms with Gasteiger partial charge in [-0.05, 0) is 43.7 Å². The van der Waals surface area contributed by atoms with Gasteiger partial charge < -0.3 is 14.8 Å². The van der Waals surface area contributed by atoms with Crippen LogP contribution < -0.4 is 10.1 Å². The van der Waals surface area contributed by atoms with Crippen LogP contribution in [-0.4, -0.2) is 24.6 Å². The highest BCUT2D eigenvalue weighted by molar-refractivity contribution is 6.35.